The summed E-state index contributed by atoms with van der Waals surface area (Å²) in [6.45, 7) is 1.57. The number of nitrogens with zero attached hydrogens (tertiary/aromatic N) is 4. The molecule has 0 amide bonds. The third-order valence-corrected chi connectivity index (χ3v) is 2.56. The molecule has 0 aliphatic carbocycles. The van der Waals surface area contributed by atoms with Crippen LogP contribution in [-0.2, 0) is 6.18 Å². The van der Waals surface area contributed by atoms with Crippen molar-refractivity contribution in [1.29, 1.82) is 0 Å². The van der Waals surface area contributed by atoms with Crippen LogP contribution >= 0.6 is 0 Å². The molecule has 0 aliphatic heterocycles. The zero-order chi connectivity index (χ0) is 14.0. The van der Waals surface area contributed by atoms with Gasteiger partial charge in [0.1, 0.15) is 24.4 Å². The zero-order valence-corrected chi connectivity index (χ0v) is 9.80. The van der Waals surface area contributed by atoms with Crippen LogP contribution in [0.4, 0.5) is 13.2 Å². The second kappa shape index (κ2) is 4.79. The average Bonchev–Trinajstić information content (AvgIpc) is 2.90. The molecule has 2 rings (SSSR count). The number of carbonyl (C=O) groups is 1. The highest BCUT2D eigenvalue weighted by atomic mass is 19.4. The largest absolute Gasteiger partial charge is 0.417 e. The molecular formula is C11H9F3N4O. The van der Waals surface area contributed by atoms with Crippen LogP contribution < -0.4 is 0 Å². The van der Waals surface area contributed by atoms with E-state index in [2.05, 4.69) is 15.1 Å². The van der Waals surface area contributed by atoms with Crippen LogP contribution in [0.5, 0.6) is 0 Å². The molecule has 0 bridgehead atoms. The van der Waals surface area contributed by atoms with E-state index in [9.17, 15) is 18.0 Å². The number of Topliss-reactive ketones (excluding diaryl/α,β-unsaturated/α-hetero) is 1. The lowest BCUT2D eigenvalue weighted by Gasteiger charge is -2.10. The first-order chi connectivity index (χ1) is 8.89. The van der Waals surface area contributed by atoms with Gasteiger partial charge in [0.25, 0.3) is 0 Å². The summed E-state index contributed by atoms with van der Waals surface area (Å²) < 4.78 is 38.4. The van der Waals surface area contributed by atoms with Crippen molar-refractivity contribution in [2.24, 2.45) is 0 Å². The molecule has 2 heterocycles. The molecule has 19 heavy (non-hydrogen) atoms. The third-order valence-electron chi connectivity index (χ3n) is 2.56. The Hall–Kier alpha value is -2.25. The fourth-order valence-corrected chi connectivity index (χ4v) is 1.46. The van der Waals surface area contributed by atoms with E-state index in [0.29, 0.717) is 6.20 Å². The van der Waals surface area contributed by atoms with E-state index >= 15 is 0 Å². The minimum atomic E-state index is -4.47. The quantitative estimate of drug-likeness (QED) is 0.802. The van der Waals surface area contributed by atoms with E-state index in [1.807, 2.05) is 0 Å². The summed E-state index contributed by atoms with van der Waals surface area (Å²) in [5.74, 6) is -0.431. The maximum Gasteiger partial charge on any atom is 0.417 e. The van der Waals surface area contributed by atoms with Gasteiger partial charge in [-0.25, -0.2) is 9.67 Å². The summed E-state index contributed by atoms with van der Waals surface area (Å²) in [5.41, 5.74) is -0.937. The smallest absolute Gasteiger partial charge is 0.290 e. The minimum absolute atomic E-state index is 0.0454. The Morgan fingerprint density at radius 2 is 2.11 bits per heavy atom. The number of halogens is 3. The Labute approximate surface area is 106 Å². The summed E-state index contributed by atoms with van der Waals surface area (Å²) in [6.07, 6.45) is -1.20. The summed E-state index contributed by atoms with van der Waals surface area (Å²) in [7, 11) is 0. The molecule has 0 saturated carbocycles. The SMILES string of the molecule is CC(C(=O)c1ccc(C(F)(F)F)cn1)n1cncn1. The molecule has 0 aromatic carbocycles. The van der Waals surface area contributed by atoms with Crippen LogP contribution in [0.1, 0.15) is 29.0 Å². The Balaban J connectivity index is 2.21. The van der Waals surface area contributed by atoms with Crippen LogP contribution in [0.25, 0.3) is 0 Å². The monoisotopic (exact) mass is 270 g/mol. The lowest BCUT2D eigenvalue weighted by Crippen LogP contribution is -2.18. The van der Waals surface area contributed by atoms with E-state index in [1.54, 1.807) is 6.92 Å². The molecule has 100 valence electrons. The second-order valence-electron chi connectivity index (χ2n) is 3.85. The number of hydrogen-bond acceptors (Lipinski definition) is 4. The summed E-state index contributed by atoms with van der Waals surface area (Å²) in [6, 6.07) is 1.21. The van der Waals surface area contributed by atoms with Crippen LogP contribution in [0, 0.1) is 0 Å². The molecule has 0 N–H and O–H groups in total. The molecule has 0 saturated heterocycles. The van der Waals surface area contributed by atoms with Crippen molar-refractivity contribution in [3.8, 4) is 0 Å². The van der Waals surface area contributed by atoms with Crippen molar-refractivity contribution in [2.45, 2.75) is 19.1 Å². The topological polar surface area (TPSA) is 60.7 Å². The molecule has 2 aromatic heterocycles. The maximum atomic E-state index is 12.4. The molecule has 0 radical (unpaired) electrons. The standard InChI is InChI=1S/C11H9F3N4O/c1-7(18-6-15-5-17-18)10(19)9-3-2-8(4-16-9)11(12,13)14/h2-7H,1H3. The first-order valence-corrected chi connectivity index (χ1v) is 5.31. The Morgan fingerprint density at radius 1 is 1.37 bits per heavy atom. The Morgan fingerprint density at radius 3 is 2.58 bits per heavy atom. The molecule has 5 nitrogen and oxygen atoms in total. The Bertz CT molecular complexity index is 563. The lowest BCUT2D eigenvalue weighted by molar-refractivity contribution is -0.137. The van der Waals surface area contributed by atoms with Crippen molar-refractivity contribution in [1.82, 2.24) is 19.7 Å². The number of rotatable bonds is 3. The van der Waals surface area contributed by atoms with E-state index in [0.717, 1.165) is 12.1 Å². The van der Waals surface area contributed by atoms with Crippen molar-refractivity contribution in [2.75, 3.05) is 0 Å². The molecule has 1 atom stereocenters. The van der Waals surface area contributed by atoms with Crippen molar-refractivity contribution >= 4 is 5.78 Å². The number of alkyl halides is 3. The fraction of sp³-hybridized carbons (Fsp3) is 0.273. The number of ketones is 1. The Kier molecular flexibility index (Phi) is 3.32. The molecule has 8 heteroatoms. The summed E-state index contributed by atoms with van der Waals surface area (Å²) >= 11 is 0. The molecule has 0 aliphatic rings. The van der Waals surface area contributed by atoms with E-state index < -0.39 is 23.6 Å². The highest BCUT2D eigenvalue weighted by Gasteiger charge is 2.31. The fourth-order valence-electron chi connectivity index (χ4n) is 1.46. The van der Waals surface area contributed by atoms with E-state index in [4.69, 9.17) is 0 Å². The van der Waals surface area contributed by atoms with Gasteiger partial charge in [-0.1, -0.05) is 0 Å². The third kappa shape index (κ3) is 2.78. The molecule has 0 fully saturated rings. The van der Waals surface area contributed by atoms with Gasteiger partial charge in [0.2, 0.25) is 5.78 Å². The van der Waals surface area contributed by atoms with Crippen LogP contribution in [0.15, 0.2) is 31.0 Å². The van der Waals surface area contributed by atoms with Gasteiger partial charge in [-0.15, -0.1) is 0 Å². The molecule has 1 unspecified atom stereocenters. The first kappa shape index (κ1) is 13.2. The van der Waals surface area contributed by atoms with Crippen molar-refractivity contribution in [3.63, 3.8) is 0 Å². The predicted molar refractivity (Wildman–Crippen MR) is 58.3 cm³/mol. The average molecular weight is 270 g/mol. The normalized spacial score (nSPS) is 13.3. The van der Waals surface area contributed by atoms with Gasteiger partial charge in [0, 0.05) is 6.20 Å². The van der Waals surface area contributed by atoms with Crippen LogP contribution in [0.2, 0.25) is 0 Å². The predicted octanol–water partition coefficient (Wildman–Crippen LogP) is 2.14. The second-order valence-corrected chi connectivity index (χ2v) is 3.85. The van der Waals surface area contributed by atoms with E-state index in [-0.39, 0.29) is 5.69 Å². The van der Waals surface area contributed by atoms with Gasteiger partial charge in [-0.2, -0.15) is 18.3 Å². The van der Waals surface area contributed by atoms with Gasteiger partial charge < -0.3 is 0 Å². The van der Waals surface area contributed by atoms with Crippen LogP contribution in [-0.4, -0.2) is 25.5 Å². The number of aromatic nitrogens is 4. The molecule has 0 spiro atoms. The van der Waals surface area contributed by atoms with Crippen LogP contribution in [0.3, 0.4) is 0 Å². The van der Waals surface area contributed by atoms with Crippen molar-refractivity contribution in [3.05, 3.63) is 42.2 Å². The molecule has 2 aromatic rings. The van der Waals surface area contributed by atoms with Gasteiger partial charge >= 0.3 is 6.18 Å². The van der Waals surface area contributed by atoms with Gasteiger partial charge in [-0.3, -0.25) is 9.78 Å². The highest BCUT2D eigenvalue weighted by Crippen LogP contribution is 2.28. The van der Waals surface area contributed by atoms with Crippen molar-refractivity contribution < 1.29 is 18.0 Å². The summed E-state index contributed by atoms with van der Waals surface area (Å²) in [5, 5.41) is 3.80. The first-order valence-electron chi connectivity index (χ1n) is 5.31. The zero-order valence-electron chi connectivity index (χ0n) is 9.80. The number of carbonyl (C=O) groups excluding carboxylic acids is 1. The summed E-state index contributed by atoms with van der Waals surface area (Å²) in [4.78, 5) is 19.2. The minimum Gasteiger partial charge on any atom is -0.290 e. The number of pyridine rings is 1. The highest BCUT2D eigenvalue weighted by molar-refractivity contribution is 5.96. The van der Waals surface area contributed by atoms with E-state index in [1.165, 1.54) is 17.3 Å². The molecular weight excluding hydrogens is 261 g/mol. The van der Waals surface area contributed by atoms with Gasteiger partial charge in [0.15, 0.2) is 0 Å². The van der Waals surface area contributed by atoms with Gasteiger partial charge in [-0.05, 0) is 19.1 Å². The number of hydrogen-bond donors (Lipinski definition) is 0. The maximum absolute atomic E-state index is 12.4. The lowest BCUT2D eigenvalue weighted by atomic mass is 10.1. The van der Waals surface area contributed by atoms with Gasteiger partial charge in [0.05, 0.1) is 5.56 Å².